The molecule has 86 heavy (non-hydrogen) atoms. The van der Waals surface area contributed by atoms with Gasteiger partial charge in [-0.05, 0) is 125 Å². The third-order valence-electron chi connectivity index (χ3n) is 20.0. The second kappa shape index (κ2) is 18.1. The van der Waals surface area contributed by atoms with Crippen molar-refractivity contribution >= 4 is 39.7 Å². The predicted octanol–water partition coefficient (Wildman–Crippen LogP) is 20.8. The minimum absolute atomic E-state index is 0.564. The van der Waals surface area contributed by atoms with Crippen molar-refractivity contribution in [3.05, 3.63) is 382 Å². The molecule has 0 radical (unpaired) electrons. The normalized spacial score (nSPS) is 16.1. The smallest absolute Gasteiger partial charge is 0.140 e. The number of fused-ring (bicyclic) bond motifs is 22. The van der Waals surface area contributed by atoms with Crippen LogP contribution in [0.15, 0.2) is 309 Å². The van der Waals surface area contributed by atoms with Gasteiger partial charge in [0.25, 0.3) is 0 Å². The van der Waals surface area contributed by atoms with Gasteiger partial charge in [-0.3, -0.25) is 0 Å². The fourth-order valence-electron chi connectivity index (χ4n) is 16.9. The molecule has 5 aliphatic rings. The molecule has 1 heterocycles. The van der Waals surface area contributed by atoms with Gasteiger partial charge in [-0.15, -0.1) is 0 Å². The van der Waals surface area contributed by atoms with Gasteiger partial charge in [0.2, 0.25) is 0 Å². The van der Waals surface area contributed by atoms with Crippen molar-refractivity contribution in [2.75, 3.05) is 4.90 Å². The molecular weight excluding hydrogens is 1040 g/mol. The zero-order valence-corrected chi connectivity index (χ0v) is 47.4. The monoisotopic (exact) mass is 1090 g/mol. The predicted molar refractivity (Wildman–Crippen MR) is 354 cm³/mol. The third-order valence-corrected chi connectivity index (χ3v) is 20.0. The number of nitrogens with zero attached hydrogens (tertiary/aromatic N) is 1. The van der Waals surface area contributed by atoms with Crippen molar-refractivity contribution in [2.24, 2.45) is 0 Å². The van der Waals surface area contributed by atoms with E-state index in [4.69, 9.17) is 4.74 Å². The highest BCUT2D eigenvalue weighted by Gasteiger charge is 2.56. The molecule has 2 nitrogen and oxygen atoms in total. The number of rotatable bonds is 7. The molecule has 2 heteroatoms. The lowest BCUT2D eigenvalue weighted by molar-refractivity contribution is 0.471. The Morgan fingerprint density at radius 2 is 0.698 bits per heavy atom. The maximum atomic E-state index is 7.50. The van der Waals surface area contributed by atoms with Crippen LogP contribution in [0.3, 0.4) is 0 Å². The number of ether oxygens (including phenoxy) is 1. The Balaban J connectivity index is 0.999. The van der Waals surface area contributed by atoms with Crippen molar-refractivity contribution in [1.82, 2.24) is 0 Å². The Morgan fingerprint density at radius 1 is 0.314 bits per heavy atom. The van der Waals surface area contributed by atoms with E-state index in [1.54, 1.807) is 0 Å². The summed E-state index contributed by atoms with van der Waals surface area (Å²) in [5.41, 5.74) is 28.2. The summed E-state index contributed by atoms with van der Waals surface area (Å²) < 4.78 is 7.50. The van der Waals surface area contributed by atoms with Crippen LogP contribution in [0.2, 0.25) is 0 Å². The molecule has 13 aromatic carbocycles. The summed E-state index contributed by atoms with van der Waals surface area (Å²) in [6, 6.07) is 112. The Labute approximate surface area is 501 Å². The van der Waals surface area contributed by atoms with Crippen LogP contribution in [0.5, 0.6) is 5.75 Å². The molecule has 2 spiro atoms. The first kappa shape index (κ1) is 48.7. The molecule has 0 fully saturated rings. The molecule has 1 aliphatic heterocycles. The van der Waals surface area contributed by atoms with E-state index in [0.717, 1.165) is 61.6 Å². The molecular formula is C84H55NO. The van der Waals surface area contributed by atoms with E-state index in [1.807, 2.05) is 6.08 Å². The molecule has 0 bridgehead atoms. The zero-order valence-electron chi connectivity index (χ0n) is 47.4. The van der Waals surface area contributed by atoms with Crippen molar-refractivity contribution in [3.63, 3.8) is 0 Å². The first-order valence-corrected chi connectivity index (χ1v) is 30.0. The van der Waals surface area contributed by atoms with E-state index in [1.165, 1.54) is 100 Å². The van der Waals surface area contributed by atoms with Crippen molar-refractivity contribution in [2.45, 2.75) is 23.2 Å². The minimum Gasteiger partial charge on any atom is -0.456 e. The standard InChI is InChI=1S/C84H55NO/c1-3-54-27-10-12-33-58(54)80-53(2)82(73-52-51-55-28-11-13-34-59(55)81(73)86-80)67-42-21-16-37-62(67)77-70(82)45-24-48-74(77)85(75-49-25-46-71-78(75)63-38-17-22-43-68(63)83(71,56-29-6-4-7-30-56)57-31-8-5-9-32-57)76-50-26-47-72-79(76)64-39-18-23-44-69(64)84(72)65-40-19-14-35-60(65)61-36-15-20-41-66(61)84/h3-52H,1H2,2H3. The third kappa shape index (κ3) is 6.05. The molecule has 402 valence electrons. The van der Waals surface area contributed by atoms with Crippen LogP contribution in [-0.2, 0) is 16.2 Å². The molecule has 0 N–H and O–H groups in total. The van der Waals surface area contributed by atoms with E-state index >= 15 is 0 Å². The van der Waals surface area contributed by atoms with Crippen molar-refractivity contribution in [3.8, 4) is 50.3 Å². The summed E-state index contributed by atoms with van der Waals surface area (Å²) in [6.45, 7) is 6.65. The maximum absolute atomic E-state index is 7.50. The van der Waals surface area contributed by atoms with Gasteiger partial charge in [0.05, 0.1) is 33.3 Å². The molecule has 0 aromatic heterocycles. The first-order valence-electron chi connectivity index (χ1n) is 30.0. The minimum atomic E-state index is -0.775. The van der Waals surface area contributed by atoms with E-state index in [-0.39, 0.29) is 0 Å². The summed E-state index contributed by atoms with van der Waals surface area (Å²) in [6.07, 6.45) is 1.96. The van der Waals surface area contributed by atoms with Gasteiger partial charge in [0, 0.05) is 33.2 Å². The van der Waals surface area contributed by atoms with Crippen LogP contribution < -0.4 is 9.64 Å². The molecule has 1 unspecified atom stereocenters. The van der Waals surface area contributed by atoms with Gasteiger partial charge in [-0.25, -0.2) is 0 Å². The second-order valence-corrected chi connectivity index (χ2v) is 23.7. The van der Waals surface area contributed by atoms with Crippen LogP contribution >= 0.6 is 0 Å². The Bertz CT molecular complexity index is 4900. The van der Waals surface area contributed by atoms with E-state index in [9.17, 15) is 0 Å². The Hall–Kier alpha value is -10.8. The molecule has 0 amide bonds. The fourth-order valence-corrected chi connectivity index (χ4v) is 16.9. The number of hydrogen-bond donors (Lipinski definition) is 0. The van der Waals surface area contributed by atoms with Gasteiger partial charge in [-0.1, -0.05) is 292 Å². The van der Waals surface area contributed by atoms with Gasteiger partial charge in [0.1, 0.15) is 11.5 Å². The van der Waals surface area contributed by atoms with Crippen LogP contribution in [0.25, 0.3) is 67.1 Å². The highest BCUT2D eigenvalue weighted by molar-refractivity contribution is 6.08. The average molecular weight is 1090 g/mol. The number of allylic oxidation sites excluding steroid dienone is 1. The summed E-state index contributed by atoms with van der Waals surface area (Å²) in [5.74, 6) is 1.73. The maximum Gasteiger partial charge on any atom is 0.140 e. The largest absolute Gasteiger partial charge is 0.456 e. The summed E-state index contributed by atoms with van der Waals surface area (Å²) in [7, 11) is 0. The number of hydrogen-bond acceptors (Lipinski definition) is 2. The highest BCUT2D eigenvalue weighted by atomic mass is 16.5. The highest BCUT2D eigenvalue weighted by Crippen LogP contribution is 2.69. The van der Waals surface area contributed by atoms with Crippen molar-refractivity contribution in [1.29, 1.82) is 0 Å². The lowest BCUT2D eigenvalue weighted by Crippen LogP contribution is -2.33. The first-order chi connectivity index (χ1) is 42.6. The van der Waals surface area contributed by atoms with Gasteiger partial charge in [0.15, 0.2) is 0 Å². The Morgan fingerprint density at radius 3 is 1.22 bits per heavy atom. The number of benzene rings is 13. The molecule has 1 atom stereocenters. The Kier molecular flexibility index (Phi) is 10.3. The molecule has 0 saturated heterocycles. The van der Waals surface area contributed by atoms with Crippen molar-refractivity contribution < 1.29 is 4.74 Å². The average Bonchev–Trinajstić information content (AvgIpc) is 1.51. The van der Waals surface area contributed by atoms with E-state index < -0.39 is 16.2 Å². The van der Waals surface area contributed by atoms with Crippen LogP contribution in [0, 0.1) is 0 Å². The number of anilines is 3. The van der Waals surface area contributed by atoms with Crippen LogP contribution in [0.4, 0.5) is 17.1 Å². The van der Waals surface area contributed by atoms with Gasteiger partial charge < -0.3 is 9.64 Å². The zero-order chi connectivity index (χ0) is 56.9. The lowest BCUT2D eigenvalue weighted by atomic mass is 9.65. The molecule has 4 aliphatic carbocycles. The molecule has 13 aromatic rings. The SMILES string of the molecule is C=Cc1ccccc1C1=C(C)C2(c3ccccc3-c3c(N(c4cccc5c4-c4ccccc4C5(c4ccccc4)c4ccccc4)c4cccc5c4-c4ccccc4C54c5ccccc5-c5ccccc54)cccc32)c2ccc3ccccc3c2O1. The molecule has 18 rings (SSSR count). The van der Waals surface area contributed by atoms with E-state index in [0.29, 0.717) is 0 Å². The van der Waals surface area contributed by atoms with Gasteiger partial charge >= 0.3 is 0 Å². The molecule has 0 saturated carbocycles. The van der Waals surface area contributed by atoms with E-state index in [2.05, 4.69) is 316 Å². The summed E-state index contributed by atoms with van der Waals surface area (Å²) >= 11 is 0. The van der Waals surface area contributed by atoms with Crippen LogP contribution in [-0.4, -0.2) is 0 Å². The van der Waals surface area contributed by atoms with Gasteiger partial charge in [-0.2, -0.15) is 0 Å². The quantitative estimate of drug-likeness (QED) is 0.158. The van der Waals surface area contributed by atoms with Crippen LogP contribution in [0.1, 0.15) is 79.2 Å². The summed E-state index contributed by atoms with van der Waals surface area (Å²) in [4.78, 5) is 2.69. The second-order valence-electron chi connectivity index (χ2n) is 23.7. The fraction of sp³-hybridized carbons (Fsp3) is 0.0476. The summed E-state index contributed by atoms with van der Waals surface area (Å²) in [5, 5.41) is 2.21. The lowest BCUT2D eigenvalue weighted by Gasteiger charge is -2.41. The topological polar surface area (TPSA) is 12.5 Å².